The summed E-state index contributed by atoms with van der Waals surface area (Å²) in [5, 5.41) is 0. The number of fused-ring (bicyclic) bond motifs is 1. The SMILES string of the molecule is COCc1ccc2[n+](c1)CCC=C2. The Kier molecular flexibility index (Phi) is 2.41. The van der Waals surface area contributed by atoms with Crippen LogP contribution >= 0.6 is 0 Å². The minimum Gasteiger partial charge on any atom is -0.380 e. The standard InChI is InChI=1S/C11H14NO/c1-13-9-10-5-6-11-4-2-3-7-12(11)8-10/h2,4-6,8H,3,7,9H2,1H3/q+1. The van der Waals surface area contributed by atoms with E-state index in [9.17, 15) is 0 Å². The first-order chi connectivity index (χ1) is 6.40. The van der Waals surface area contributed by atoms with Crippen LogP contribution in [-0.2, 0) is 17.9 Å². The van der Waals surface area contributed by atoms with E-state index in [0.29, 0.717) is 6.61 Å². The van der Waals surface area contributed by atoms with Crippen LogP contribution in [0.3, 0.4) is 0 Å². The van der Waals surface area contributed by atoms with E-state index in [-0.39, 0.29) is 0 Å². The fraction of sp³-hybridized carbons (Fsp3) is 0.364. The van der Waals surface area contributed by atoms with E-state index in [1.165, 1.54) is 11.3 Å². The van der Waals surface area contributed by atoms with Gasteiger partial charge in [0.15, 0.2) is 12.7 Å². The average Bonchev–Trinajstić information content (AvgIpc) is 2.18. The highest BCUT2D eigenvalue weighted by atomic mass is 16.5. The Morgan fingerprint density at radius 3 is 3.23 bits per heavy atom. The molecule has 0 amide bonds. The highest BCUT2D eigenvalue weighted by Crippen LogP contribution is 2.06. The number of allylic oxidation sites excluding steroid dienone is 1. The molecule has 0 saturated heterocycles. The molecular formula is C11H14NO+. The quantitative estimate of drug-likeness (QED) is 0.623. The van der Waals surface area contributed by atoms with Crippen LogP contribution in [-0.4, -0.2) is 7.11 Å². The fourth-order valence-electron chi connectivity index (χ4n) is 1.62. The first-order valence-electron chi connectivity index (χ1n) is 4.58. The Morgan fingerprint density at radius 2 is 2.38 bits per heavy atom. The normalized spacial score (nSPS) is 14.2. The predicted octanol–water partition coefficient (Wildman–Crippen LogP) is 1.54. The molecule has 0 aromatic carbocycles. The second-order valence-electron chi connectivity index (χ2n) is 3.28. The maximum Gasteiger partial charge on any atom is 0.204 e. The van der Waals surface area contributed by atoms with Crippen molar-refractivity contribution in [1.82, 2.24) is 0 Å². The Bertz CT molecular complexity index is 331. The maximum absolute atomic E-state index is 5.09. The lowest BCUT2D eigenvalue weighted by Gasteiger charge is -2.05. The van der Waals surface area contributed by atoms with Crippen LogP contribution in [0.4, 0.5) is 0 Å². The van der Waals surface area contributed by atoms with Crippen molar-refractivity contribution in [3.8, 4) is 0 Å². The highest BCUT2D eigenvalue weighted by Gasteiger charge is 2.11. The summed E-state index contributed by atoms with van der Waals surface area (Å²) in [7, 11) is 1.73. The van der Waals surface area contributed by atoms with Gasteiger partial charge in [0.05, 0.1) is 6.61 Å². The molecule has 0 spiro atoms. The monoisotopic (exact) mass is 176 g/mol. The predicted molar refractivity (Wildman–Crippen MR) is 51.0 cm³/mol. The molecule has 1 aliphatic rings. The number of aryl methyl sites for hydroxylation is 1. The summed E-state index contributed by atoms with van der Waals surface area (Å²) in [6, 6.07) is 4.26. The van der Waals surface area contributed by atoms with E-state index in [1.54, 1.807) is 7.11 Å². The van der Waals surface area contributed by atoms with Gasteiger partial charge in [-0.05, 0) is 6.07 Å². The number of rotatable bonds is 2. The van der Waals surface area contributed by atoms with Crippen molar-refractivity contribution in [2.24, 2.45) is 0 Å². The van der Waals surface area contributed by atoms with Gasteiger partial charge in [-0.25, -0.2) is 0 Å². The zero-order chi connectivity index (χ0) is 9.10. The summed E-state index contributed by atoms with van der Waals surface area (Å²) >= 11 is 0. The van der Waals surface area contributed by atoms with Gasteiger partial charge in [-0.3, -0.25) is 0 Å². The third kappa shape index (κ3) is 1.78. The number of hydrogen-bond acceptors (Lipinski definition) is 1. The van der Waals surface area contributed by atoms with Gasteiger partial charge in [-0.2, -0.15) is 4.57 Å². The number of ether oxygens (including phenoxy) is 1. The number of aromatic nitrogens is 1. The molecular weight excluding hydrogens is 162 g/mol. The second-order valence-corrected chi connectivity index (χ2v) is 3.28. The molecule has 0 radical (unpaired) electrons. The summed E-state index contributed by atoms with van der Waals surface area (Å²) in [6.45, 7) is 1.79. The van der Waals surface area contributed by atoms with Crippen LogP contribution < -0.4 is 4.57 Å². The minimum atomic E-state index is 0.698. The molecule has 0 aliphatic carbocycles. The molecule has 2 heteroatoms. The van der Waals surface area contributed by atoms with Gasteiger partial charge in [0, 0.05) is 31.2 Å². The van der Waals surface area contributed by atoms with E-state index in [4.69, 9.17) is 4.74 Å². The molecule has 0 bridgehead atoms. The van der Waals surface area contributed by atoms with Gasteiger partial charge in [0.1, 0.15) is 0 Å². The van der Waals surface area contributed by atoms with Gasteiger partial charge < -0.3 is 4.74 Å². The third-order valence-corrected chi connectivity index (χ3v) is 2.26. The lowest BCUT2D eigenvalue weighted by Crippen LogP contribution is -2.38. The molecule has 1 aromatic heterocycles. The fourth-order valence-corrected chi connectivity index (χ4v) is 1.62. The molecule has 0 atom stereocenters. The molecule has 2 rings (SSSR count). The summed E-state index contributed by atoms with van der Waals surface area (Å²) in [4.78, 5) is 0. The lowest BCUT2D eigenvalue weighted by atomic mass is 10.2. The van der Waals surface area contributed by atoms with Crippen molar-refractivity contribution in [1.29, 1.82) is 0 Å². The van der Waals surface area contributed by atoms with E-state index in [2.05, 4.69) is 35.0 Å². The van der Waals surface area contributed by atoms with Crippen LogP contribution in [0.2, 0.25) is 0 Å². The Labute approximate surface area is 78.5 Å². The zero-order valence-corrected chi connectivity index (χ0v) is 7.86. The van der Waals surface area contributed by atoms with E-state index >= 15 is 0 Å². The molecule has 1 aromatic rings. The Morgan fingerprint density at radius 1 is 1.46 bits per heavy atom. The van der Waals surface area contributed by atoms with Gasteiger partial charge in [-0.15, -0.1) is 0 Å². The van der Waals surface area contributed by atoms with Gasteiger partial charge in [0.25, 0.3) is 0 Å². The van der Waals surface area contributed by atoms with Crippen molar-refractivity contribution in [2.45, 2.75) is 19.6 Å². The van der Waals surface area contributed by atoms with Crippen molar-refractivity contribution in [2.75, 3.05) is 7.11 Å². The van der Waals surface area contributed by atoms with E-state index in [1.807, 2.05) is 0 Å². The third-order valence-electron chi connectivity index (χ3n) is 2.26. The van der Waals surface area contributed by atoms with E-state index in [0.717, 1.165) is 13.0 Å². The van der Waals surface area contributed by atoms with Crippen molar-refractivity contribution in [3.05, 3.63) is 35.7 Å². The highest BCUT2D eigenvalue weighted by molar-refractivity contribution is 5.42. The number of methoxy groups -OCH3 is 1. The Balaban J connectivity index is 2.31. The van der Waals surface area contributed by atoms with Crippen molar-refractivity contribution < 1.29 is 9.30 Å². The average molecular weight is 176 g/mol. The summed E-state index contributed by atoms with van der Waals surface area (Å²) < 4.78 is 7.36. The molecule has 2 nitrogen and oxygen atoms in total. The molecule has 0 N–H and O–H groups in total. The summed E-state index contributed by atoms with van der Waals surface area (Å²) in [5.41, 5.74) is 2.52. The van der Waals surface area contributed by atoms with Crippen LogP contribution in [0.15, 0.2) is 24.4 Å². The molecule has 2 heterocycles. The van der Waals surface area contributed by atoms with Gasteiger partial charge in [-0.1, -0.05) is 6.08 Å². The molecule has 68 valence electrons. The lowest BCUT2D eigenvalue weighted by molar-refractivity contribution is -0.699. The van der Waals surface area contributed by atoms with Gasteiger partial charge >= 0.3 is 0 Å². The van der Waals surface area contributed by atoms with Crippen molar-refractivity contribution >= 4 is 6.08 Å². The first-order valence-corrected chi connectivity index (χ1v) is 4.58. The largest absolute Gasteiger partial charge is 0.380 e. The van der Waals surface area contributed by atoms with Crippen molar-refractivity contribution in [3.63, 3.8) is 0 Å². The van der Waals surface area contributed by atoms with E-state index < -0.39 is 0 Å². The number of pyridine rings is 1. The molecule has 1 aliphatic heterocycles. The molecule has 0 fully saturated rings. The summed E-state index contributed by atoms with van der Waals surface area (Å²) in [5.74, 6) is 0. The Hall–Kier alpha value is -1.15. The molecule has 0 unspecified atom stereocenters. The second kappa shape index (κ2) is 3.71. The van der Waals surface area contributed by atoms with Crippen LogP contribution in [0.1, 0.15) is 17.7 Å². The molecule has 13 heavy (non-hydrogen) atoms. The van der Waals surface area contributed by atoms with Crippen LogP contribution in [0.25, 0.3) is 6.08 Å². The van der Waals surface area contributed by atoms with Gasteiger partial charge in [0.2, 0.25) is 5.69 Å². The summed E-state index contributed by atoms with van der Waals surface area (Å²) in [6.07, 6.45) is 7.68. The van der Waals surface area contributed by atoms with Crippen LogP contribution in [0.5, 0.6) is 0 Å². The van der Waals surface area contributed by atoms with Crippen LogP contribution in [0, 0.1) is 0 Å². The topological polar surface area (TPSA) is 13.1 Å². The number of hydrogen-bond donors (Lipinski definition) is 0. The number of nitrogens with zero attached hydrogens (tertiary/aromatic N) is 1. The minimum absolute atomic E-state index is 0.698. The first kappa shape index (κ1) is 8.45. The molecule has 0 saturated carbocycles. The maximum atomic E-state index is 5.09. The smallest absolute Gasteiger partial charge is 0.204 e. The zero-order valence-electron chi connectivity index (χ0n) is 7.86.